The highest BCUT2D eigenvalue weighted by atomic mass is 32.2. The number of rotatable bonds is 4. The van der Waals surface area contributed by atoms with Crippen LogP contribution in [0.4, 0.5) is 0 Å². The van der Waals surface area contributed by atoms with E-state index < -0.39 is 31.9 Å². The minimum Gasteiger partial charge on any atom is -0.288 e. The van der Waals surface area contributed by atoms with Crippen molar-refractivity contribution in [3.8, 4) is 0 Å². The van der Waals surface area contributed by atoms with E-state index in [9.17, 15) is 26.4 Å². The molecule has 0 bridgehead atoms. The first kappa shape index (κ1) is 19.6. The van der Waals surface area contributed by atoms with Gasteiger partial charge in [-0.3, -0.25) is 19.9 Å². The summed E-state index contributed by atoms with van der Waals surface area (Å²) in [5.41, 5.74) is 0.134. The Balaban J connectivity index is 1.54. The molecule has 0 unspecified atom stereocenters. The van der Waals surface area contributed by atoms with E-state index in [1.54, 1.807) is 0 Å². The largest absolute Gasteiger partial charge is 0.288 e. The van der Waals surface area contributed by atoms with E-state index in [-0.39, 0.29) is 47.1 Å². The summed E-state index contributed by atoms with van der Waals surface area (Å²) in [5.74, 6) is -1.21. The maximum Gasteiger partial charge on any atom is 0.258 e. The number of nitrogens with zero attached hydrogens (tertiary/aromatic N) is 3. The molecule has 1 aromatic carbocycles. The Bertz CT molecular complexity index is 1200. The second kappa shape index (κ2) is 6.99. The minimum atomic E-state index is -3.95. The van der Waals surface area contributed by atoms with Crippen molar-refractivity contribution in [2.24, 2.45) is 0 Å². The number of benzene rings is 1. The maximum atomic E-state index is 12.9. The molecule has 1 N–H and O–H groups in total. The zero-order chi connectivity index (χ0) is 20.8. The van der Waals surface area contributed by atoms with Crippen LogP contribution in [0.25, 0.3) is 0 Å². The number of carbonyl (C=O) groups excluding carboxylic acids is 2. The molecule has 2 amide bonds. The van der Waals surface area contributed by atoms with Gasteiger partial charge in [-0.05, 0) is 30.3 Å². The van der Waals surface area contributed by atoms with Crippen LogP contribution >= 0.6 is 0 Å². The number of pyridine rings is 1. The Hall–Kier alpha value is -2.67. The molecule has 29 heavy (non-hydrogen) atoms. The average Bonchev–Trinajstić information content (AvgIpc) is 3.02. The lowest BCUT2D eigenvalue weighted by Crippen LogP contribution is -2.50. The molecule has 0 atom stereocenters. The van der Waals surface area contributed by atoms with Crippen molar-refractivity contribution >= 4 is 31.9 Å². The van der Waals surface area contributed by atoms with E-state index in [1.807, 2.05) is 0 Å². The van der Waals surface area contributed by atoms with Crippen molar-refractivity contribution in [1.82, 2.24) is 18.9 Å². The highest BCUT2D eigenvalue weighted by molar-refractivity contribution is 7.89. The van der Waals surface area contributed by atoms with Crippen LogP contribution in [-0.4, -0.2) is 68.4 Å². The molecule has 3 heterocycles. The van der Waals surface area contributed by atoms with Crippen LogP contribution < -0.4 is 5.32 Å². The van der Waals surface area contributed by atoms with E-state index >= 15 is 0 Å². The highest BCUT2D eigenvalue weighted by Gasteiger charge is 2.35. The predicted octanol–water partition coefficient (Wildman–Crippen LogP) is -0.340. The van der Waals surface area contributed by atoms with Crippen molar-refractivity contribution in [2.75, 3.05) is 26.2 Å². The van der Waals surface area contributed by atoms with Crippen LogP contribution in [-0.2, 0) is 20.0 Å². The molecule has 0 radical (unpaired) electrons. The van der Waals surface area contributed by atoms with E-state index in [0.29, 0.717) is 0 Å². The topological polar surface area (TPSA) is 134 Å². The van der Waals surface area contributed by atoms with Gasteiger partial charge in [0.15, 0.2) is 0 Å². The van der Waals surface area contributed by atoms with E-state index in [1.165, 1.54) is 51.3 Å². The SMILES string of the molecule is O=C1NC(=O)c2cc(S(=O)(=O)N3CCN(S(=O)(=O)c4cccnc4)CC3)ccc21. The summed E-state index contributed by atoms with van der Waals surface area (Å²) in [7, 11) is -7.71. The highest BCUT2D eigenvalue weighted by Crippen LogP contribution is 2.25. The molecule has 4 rings (SSSR count). The number of hydrogen-bond donors (Lipinski definition) is 1. The van der Waals surface area contributed by atoms with Gasteiger partial charge in [0.05, 0.1) is 16.0 Å². The summed E-state index contributed by atoms with van der Waals surface area (Å²) in [6.45, 7) is -0.102. The second-order valence-corrected chi connectivity index (χ2v) is 10.4. The fraction of sp³-hybridized carbons (Fsp3) is 0.235. The molecule has 2 aliphatic heterocycles. The van der Waals surface area contributed by atoms with Gasteiger partial charge in [-0.2, -0.15) is 8.61 Å². The van der Waals surface area contributed by atoms with Crippen LogP contribution in [0.3, 0.4) is 0 Å². The quantitative estimate of drug-likeness (QED) is 0.648. The van der Waals surface area contributed by atoms with Gasteiger partial charge in [-0.25, -0.2) is 16.8 Å². The second-order valence-electron chi connectivity index (χ2n) is 6.49. The van der Waals surface area contributed by atoms with Crippen molar-refractivity contribution < 1.29 is 26.4 Å². The fourth-order valence-corrected chi connectivity index (χ4v) is 6.09. The number of piperazine rings is 1. The van der Waals surface area contributed by atoms with Gasteiger partial charge < -0.3 is 0 Å². The number of carbonyl (C=O) groups is 2. The molecule has 12 heteroatoms. The molecule has 152 valence electrons. The van der Waals surface area contributed by atoms with Crippen LogP contribution in [0.1, 0.15) is 20.7 Å². The molecule has 10 nitrogen and oxygen atoms in total. The Morgan fingerprint density at radius 1 is 0.793 bits per heavy atom. The molecular weight excluding hydrogens is 420 g/mol. The van der Waals surface area contributed by atoms with Gasteiger partial charge in [-0.15, -0.1) is 0 Å². The number of aromatic nitrogens is 1. The first-order valence-electron chi connectivity index (χ1n) is 8.61. The lowest BCUT2D eigenvalue weighted by Gasteiger charge is -2.33. The molecule has 2 aliphatic rings. The van der Waals surface area contributed by atoms with Crippen molar-refractivity contribution in [1.29, 1.82) is 0 Å². The number of amides is 2. The third-order valence-corrected chi connectivity index (χ3v) is 8.59. The summed E-state index contributed by atoms with van der Waals surface area (Å²) in [4.78, 5) is 27.2. The zero-order valence-electron chi connectivity index (χ0n) is 15.0. The lowest BCUT2D eigenvalue weighted by atomic mass is 10.1. The molecule has 2 aromatic rings. The van der Waals surface area contributed by atoms with Gasteiger partial charge in [0.25, 0.3) is 11.8 Å². The molecule has 0 saturated carbocycles. The summed E-state index contributed by atoms with van der Waals surface area (Å²) in [5, 5.41) is 2.11. The number of fused-ring (bicyclic) bond motifs is 1. The Labute approximate surface area is 167 Å². The van der Waals surface area contributed by atoms with Crippen LogP contribution in [0.15, 0.2) is 52.5 Å². The van der Waals surface area contributed by atoms with Gasteiger partial charge >= 0.3 is 0 Å². The third kappa shape index (κ3) is 3.33. The van der Waals surface area contributed by atoms with Gasteiger partial charge in [0.2, 0.25) is 20.0 Å². The summed E-state index contributed by atoms with van der Waals surface area (Å²) < 4.78 is 53.5. The number of hydrogen-bond acceptors (Lipinski definition) is 7. The van der Waals surface area contributed by atoms with E-state index in [2.05, 4.69) is 10.3 Å². The summed E-state index contributed by atoms with van der Waals surface area (Å²) >= 11 is 0. The zero-order valence-corrected chi connectivity index (χ0v) is 16.6. The Morgan fingerprint density at radius 3 is 1.97 bits per heavy atom. The molecular formula is C17H16N4O6S2. The molecule has 1 saturated heterocycles. The van der Waals surface area contributed by atoms with Crippen LogP contribution in [0, 0.1) is 0 Å². The lowest BCUT2D eigenvalue weighted by molar-refractivity contribution is 0.0879. The van der Waals surface area contributed by atoms with Crippen molar-refractivity contribution in [2.45, 2.75) is 9.79 Å². The first-order valence-corrected chi connectivity index (χ1v) is 11.5. The maximum absolute atomic E-state index is 12.9. The summed E-state index contributed by atoms with van der Waals surface area (Å²) in [6.07, 6.45) is 2.71. The smallest absolute Gasteiger partial charge is 0.258 e. The van der Waals surface area contributed by atoms with E-state index in [4.69, 9.17) is 0 Å². The molecule has 1 aromatic heterocycles. The molecule has 1 fully saturated rings. The summed E-state index contributed by atoms with van der Waals surface area (Å²) in [6, 6.07) is 6.69. The monoisotopic (exact) mass is 436 g/mol. The first-order chi connectivity index (χ1) is 13.7. The van der Waals surface area contributed by atoms with Gasteiger partial charge in [0.1, 0.15) is 4.90 Å². The number of sulfonamides is 2. The predicted molar refractivity (Wildman–Crippen MR) is 100.0 cm³/mol. The van der Waals surface area contributed by atoms with Crippen molar-refractivity contribution in [3.05, 3.63) is 53.9 Å². The van der Waals surface area contributed by atoms with Gasteiger partial charge in [-0.1, -0.05) is 0 Å². The Morgan fingerprint density at radius 2 is 1.38 bits per heavy atom. The van der Waals surface area contributed by atoms with Crippen LogP contribution in [0.2, 0.25) is 0 Å². The number of nitrogens with one attached hydrogen (secondary N) is 1. The third-order valence-electron chi connectivity index (χ3n) is 4.81. The fourth-order valence-electron chi connectivity index (χ4n) is 3.26. The average molecular weight is 436 g/mol. The van der Waals surface area contributed by atoms with E-state index in [0.717, 1.165) is 0 Å². The minimum absolute atomic E-state index is 0.00821. The van der Waals surface area contributed by atoms with Crippen LogP contribution in [0.5, 0.6) is 0 Å². The van der Waals surface area contributed by atoms with Gasteiger partial charge in [0, 0.05) is 38.6 Å². The normalized spacial score (nSPS) is 18.5. The number of imide groups is 1. The van der Waals surface area contributed by atoms with Crippen molar-refractivity contribution in [3.63, 3.8) is 0 Å². The molecule has 0 spiro atoms. The standard InChI is InChI=1S/C17H16N4O6S2/c22-16-14-4-3-12(10-15(14)17(23)19-16)28(24,25)20-6-8-21(9-7-20)29(26,27)13-2-1-5-18-11-13/h1-5,10-11H,6-9H2,(H,19,22,23). The Kier molecular flexibility index (Phi) is 4.73. The molecule has 0 aliphatic carbocycles.